The molecular weight excluding hydrogens is 338 g/mol. The second-order valence-corrected chi connectivity index (χ2v) is 6.73. The van der Waals surface area contributed by atoms with Crippen LogP contribution in [0.5, 0.6) is 0 Å². The summed E-state index contributed by atoms with van der Waals surface area (Å²) in [7, 11) is 1.66. The lowest BCUT2D eigenvalue weighted by Gasteiger charge is -2.36. The summed E-state index contributed by atoms with van der Waals surface area (Å²) < 4.78 is 6.98. The van der Waals surface area contributed by atoms with E-state index in [1.54, 1.807) is 13.4 Å². The van der Waals surface area contributed by atoms with E-state index >= 15 is 0 Å². The fraction of sp³-hybridized carbons (Fsp3) is 0.471. The van der Waals surface area contributed by atoms with Crippen LogP contribution in [-0.2, 0) is 16.1 Å². The van der Waals surface area contributed by atoms with Crippen LogP contribution in [0.2, 0.25) is 0 Å². The number of benzene rings is 1. The number of anilines is 1. The number of nitrogens with zero attached hydrogens (tertiary/aromatic N) is 5. The van der Waals surface area contributed by atoms with Crippen LogP contribution in [0.15, 0.2) is 41.8 Å². The van der Waals surface area contributed by atoms with E-state index in [0.29, 0.717) is 18.9 Å². The molecule has 0 saturated carbocycles. The maximum Gasteiger partial charge on any atom is 0.233 e. The molecule has 8 heteroatoms. The number of hydrogen-bond acceptors (Lipinski definition) is 6. The van der Waals surface area contributed by atoms with Crippen molar-refractivity contribution >= 4 is 23.4 Å². The molecule has 0 bridgehead atoms. The van der Waals surface area contributed by atoms with Gasteiger partial charge >= 0.3 is 0 Å². The molecule has 0 radical (unpaired) electrons. The standard InChI is InChI=1S/C17H23N5O2S/c1-24-12-11-22-14-18-19-17(22)25-13-16(23)21-9-7-20(8-10-21)15-5-3-2-4-6-15/h2-6,14H,7-13H2,1H3. The number of ether oxygens (including phenoxy) is 1. The van der Waals surface area contributed by atoms with E-state index in [-0.39, 0.29) is 5.91 Å². The van der Waals surface area contributed by atoms with Gasteiger partial charge < -0.3 is 19.1 Å². The second-order valence-electron chi connectivity index (χ2n) is 5.79. The number of hydrogen-bond donors (Lipinski definition) is 0. The highest BCUT2D eigenvalue weighted by Gasteiger charge is 2.21. The average Bonchev–Trinajstić information content (AvgIpc) is 3.12. The number of carbonyl (C=O) groups is 1. The van der Waals surface area contributed by atoms with Gasteiger partial charge in [-0.15, -0.1) is 10.2 Å². The van der Waals surface area contributed by atoms with E-state index < -0.39 is 0 Å². The van der Waals surface area contributed by atoms with Crippen molar-refractivity contribution in [1.82, 2.24) is 19.7 Å². The van der Waals surface area contributed by atoms with Crippen molar-refractivity contribution in [2.75, 3.05) is 50.5 Å². The smallest absolute Gasteiger partial charge is 0.233 e. The van der Waals surface area contributed by atoms with Crippen molar-refractivity contribution in [3.8, 4) is 0 Å². The Balaban J connectivity index is 1.46. The molecule has 0 unspecified atom stereocenters. The molecule has 2 heterocycles. The minimum Gasteiger partial charge on any atom is -0.383 e. The lowest BCUT2D eigenvalue weighted by atomic mass is 10.2. The number of methoxy groups -OCH3 is 1. The number of rotatable bonds is 7. The molecule has 0 atom stereocenters. The van der Waals surface area contributed by atoms with Gasteiger partial charge in [0.2, 0.25) is 5.91 Å². The van der Waals surface area contributed by atoms with Crippen LogP contribution in [0.3, 0.4) is 0 Å². The van der Waals surface area contributed by atoms with E-state index in [4.69, 9.17) is 4.74 Å². The maximum absolute atomic E-state index is 12.5. The molecule has 0 aliphatic carbocycles. The van der Waals surface area contributed by atoms with Crippen LogP contribution in [-0.4, -0.2) is 71.2 Å². The second kappa shape index (κ2) is 8.87. The molecule has 25 heavy (non-hydrogen) atoms. The Hall–Kier alpha value is -2.06. The van der Waals surface area contributed by atoms with Gasteiger partial charge in [0, 0.05) is 45.5 Å². The van der Waals surface area contributed by atoms with Crippen LogP contribution < -0.4 is 4.90 Å². The quantitative estimate of drug-likeness (QED) is 0.694. The van der Waals surface area contributed by atoms with Crippen LogP contribution in [0, 0.1) is 0 Å². The van der Waals surface area contributed by atoms with Crippen molar-refractivity contribution in [2.45, 2.75) is 11.7 Å². The summed E-state index contributed by atoms with van der Waals surface area (Å²) in [5, 5.41) is 8.75. The van der Waals surface area contributed by atoms with Crippen LogP contribution in [0.4, 0.5) is 5.69 Å². The Morgan fingerprint density at radius 3 is 2.68 bits per heavy atom. The van der Waals surface area contributed by atoms with Gasteiger partial charge in [-0.1, -0.05) is 30.0 Å². The minimum absolute atomic E-state index is 0.152. The Morgan fingerprint density at radius 2 is 1.96 bits per heavy atom. The van der Waals surface area contributed by atoms with Crippen molar-refractivity contribution < 1.29 is 9.53 Å². The van der Waals surface area contributed by atoms with E-state index in [1.807, 2.05) is 27.7 Å². The summed E-state index contributed by atoms with van der Waals surface area (Å²) in [5.41, 5.74) is 1.22. The molecule has 1 aliphatic rings. The SMILES string of the molecule is COCCn1cnnc1SCC(=O)N1CCN(c2ccccc2)CC1. The highest BCUT2D eigenvalue weighted by molar-refractivity contribution is 7.99. The lowest BCUT2D eigenvalue weighted by Crippen LogP contribution is -2.49. The zero-order valence-electron chi connectivity index (χ0n) is 14.4. The number of amides is 1. The molecule has 1 aromatic heterocycles. The highest BCUT2D eigenvalue weighted by Crippen LogP contribution is 2.18. The van der Waals surface area contributed by atoms with Gasteiger partial charge in [0.25, 0.3) is 0 Å². The van der Waals surface area contributed by atoms with Crippen LogP contribution in [0.25, 0.3) is 0 Å². The Bertz CT molecular complexity index is 671. The third-order valence-corrected chi connectivity index (χ3v) is 5.16. The largest absolute Gasteiger partial charge is 0.383 e. The van der Waals surface area contributed by atoms with Gasteiger partial charge in [0.05, 0.1) is 12.4 Å². The maximum atomic E-state index is 12.5. The normalized spacial score (nSPS) is 14.8. The van der Waals surface area contributed by atoms with Crippen molar-refractivity contribution in [3.05, 3.63) is 36.7 Å². The number of carbonyl (C=O) groups excluding carboxylic acids is 1. The number of aromatic nitrogens is 3. The third-order valence-electron chi connectivity index (χ3n) is 4.19. The summed E-state index contributed by atoms with van der Waals surface area (Å²) in [6.45, 7) is 4.53. The first-order chi connectivity index (χ1) is 12.3. The molecule has 7 nitrogen and oxygen atoms in total. The third kappa shape index (κ3) is 4.73. The molecule has 1 fully saturated rings. The molecule has 1 amide bonds. The van der Waals surface area contributed by atoms with Gasteiger partial charge in [-0.05, 0) is 12.1 Å². The summed E-state index contributed by atoms with van der Waals surface area (Å²) >= 11 is 1.43. The van der Waals surface area contributed by atoms with Gasteiger partial charge in [0.1, 0.15) is 6.33 Å². The van der Waals surface area contributed by atoms with E-state index in [0.717, 1.165) is 31.3 Å². The number of thioether (sulfide) groups is 1. The zero-order valence-corrected chi connectivity index (χ0v) is 15.2. The highest BCUT2D eigenvalue weighted by atomic mass is 32.2. The number of para-hydroxylation sites is 1. The summed E-state index contributed by atoms with van der Waals surface area (Å²) in [5.74, 6) is 0.538. The van der Waals surface area contributed by atoms with E-state index in [1.165, 1.54) is 17.4 Å². The molecular formula is C17H23N5O2S. The van der Waals surface area contributed by atoms with E-state index in [9.17, 15) is 4.79 Å². The monoisotopic (exact) mass is 361 g/mol. The predicted molar refractivity (Wildman–Crippen MR) is 97.9 cm³/mol. The Kier molecular flexibility index (Phi) is 6.30. The molecule has 2 aromatic rings. The van der Waals surface area contributed by atoms with Crippen LogP contribution >= 0.6 is 11.8 Å². The molecule has 1 saturated heterocycles. The summed E-state index contributed by atoms with van der Waals surface area (Å²) in [4.78, 5) is 16.7. The Morgan fingerprint density at radius 1 is 1.20 bits per heavy atom. The topological polar surface area (TPSA) is 63.5 Å². The van der Waals surface area contributed by atoms with Crippen molar-refractivity contribution in [3.63, 3.8) is 0 Å². The molecule has 1 aromatic carbocycles. The molecule has 134 valence electrons. The molecule has 1 aliphatic heterocycles. The number of piperazine rings is 1. The first-order valence-corrected chi connectivity index (χ1v) is 9.34. The molecule has 3 rings (SSSR count). The van der Waals surface area contributed by atoms with Crippen molar-refractivity contribution in [2.24, 2.45) is 0 Å². The average molecular weight is 361 g/mol. The summed E-state index contributed by atoms with van der Waals surface area (Å²) in [6, 6.07) is 10.3. The van der Waals surface area contributed by atoms with Gasteiger partial charge in [-0.3, -0.25) is 4.79 Å². The van der Waals surface area contributed by atoms with Gasteiger partial charge in [-0.2, -0.15) is 0 Å². The fourth-order valence-electron chi connectivity index (χ4n) is 2.77. The molecule has 0 spiro atoms. The van der Waals surface area contributed by atoms with E-state index in [2.05, 4.69) is 27.2 Å². The first kappa shape index (κ1) is 17.8. The Labute approximate surface area is 152 Å². The summed E-state index contributed by atoms with van der Waals surface area (Å²) in [6.07, 6.45) is 1.67. The zero-order chi connectivity index (χ0) is 17.5. The fourth-order valence-corrected chi connectivity index (χ4v) is 3.61. The van der Waals surface area contributed by atoms with Crippen molar-refractivity contribution in [1.29, 1.82) is 0 Å². The first-order valence-electron chi connectivity index (χ1n) is 8.35. The minimum atomic E-state index is 0.152. The van der Waals surface area contributed by atoms with Crippen LogP contribution in [0.1, 0.15) is 0 Å². The lowest BCUT2D eigenvalue weighted by molar-refractivity contribution is -0.128. The van der Waals surface area contributed by atoms with Gasteiger partial charge in [-0.25, -0.2) is 0 Å². The predicted octanol–water partition coefficient (Wildman–Crippen LogP) is 1.37. The van der Waals surface area contributed by atoms with Gasteiger partial charge in [0.15, 0.2) is 5.16 Å². The molecule has 0 N–H and O–H groups in total.